The molecule has 1 heterocycles. The van der Waals surface area contributed by atoms with Crippen molar-refractivity contribution in [1.82, 2.24) is 5.32 Å². The molecule has 1 atom stereocenters. The van der Waals surface area contributed by atoms with E-state index in [0.717, 1.165) is 13.0 Å². The van der Waals surface area contributed by atoms with E-state index in [9.17, 15) is 0 Å². The highest BCUT2D eigenvalue weighted by molar-refractivity contribution is 8.00. The Morgan fingerprint density at radius 1 is 1.44 bits per heavy atom. The summed E-state index contributed by atoms with van der Waals surface area (Å²) in [4.78, 5) is 0. The van der Waals surface area contributed by atoms with Gasteiger partial charge in [0, 0.05) is 29.3 Å². The quantitative estimate of drug-likeness (QED) is 0.837. The molecule has 2 nitrogen and oxygen atoms in total. The van der Waals surface area contributed by atoms with Crippen molar-refractivity contribution in [3.05, 3.63) is 23.7 Å². The second kappa shape index (κ2) is 6.16. The summed E-state index contributed by atoms with van der Waals surface area (Å²) >= 11 is 2.00. The van der Waals surface area contributed by atoms with Crippen molar-refractivity contribution in [3.8, 4) is 0 Å². The molecule has 0 fully saturated rings. The second-order valence-corrected chi connectivity index (χ2v) is 6.49. The van der Waals surface area contributed by atoms with Crippen molar-refractivity contribution in [3.63, 3.8) is 0 Å². The van der Waals surface area contributed by atoms with Gasteiger partial charge in [-0.05, 0) is 38.0 Å². The standard InChI is InChI=1S/C15H25NOS/c1-4-15(5-2,18-3)11-16-13-7-6-8-14-12(13)9-10-17-14/h9-10,13,16H,4-8,11H2,1-3H3. The molecule has 1 aromatic rings. The first-order chi connectivity index (χ1) is 8.74. The highest BCUT2D eigenvalue weighted by Gasteiger charge is 2.28. The summed E-state index contributed by atoms with van der Waals surface area (Å²) in [5.41, 5.74) is 1.39. The molecule has 0 bridgehead atoms. The molecule has 0 amide bonds. The third kappa shape index (κ3) is 2.77. The van der Waals surface area contributed by atoms with Gasteiger partial charge in [0.25, 0.3) is 0 Å². The van der Waals surface area contributed by atoms with Gasteiger partial charge in [-0.2, -0.15) is 11.8 Å². The molecule has 3 heteroatoms. The fraction of sp³-hybridized carbons (Fsp3) is 0.733. The predicted octanol–water partition coefficient (Wildman–Crippen LogP) is 4.17. The second-order valence-electron chi connectivity index (χ2n) is 5.22. The Kier molecular flexibility index (Phi) is 4.79. The molecule has 0 aliphatic heterocycles. The Bertz CT molecular complexity index is 362. The maximum atomic E-state index is 5.55. The zero-order chi connectivity index (χ0) is 13.0. The van der Waals surface area contributed by atoms with Crippen LogP contribution in [-0.2, 0) is 6.42 Å². The molecule has 102 valence electrons. The summed E-state index contributed by atoms with van der Waals surface area (Å²) < 4.78 is 5.94. The third-order valence-electron chi connectivity index (χ3n) is 4.44. The highest BCUT2D eigenvalue weighted by Crippen LogP contribution is 2.34. The SMILES string of the molecule is CCC(CC)(CNC1CCCc2occc21)SC. The molecular weight excluding hydrogens is 242 g/mol. The van der Waals surface area contributed by atoms with Crippen LogP contribution in [0, 0.1) is 0 Å². The van der Waals surface area contributed by atoms with E-state index in [4.69, 9.17) is 4.42 Å². The first-order valence-electron chi connectivity index (χ1n) is 7.09. The average molecular weight is 267 g/mol. The molecular formula is C15H25NOS. The van der Waals surface area contributed by atoms with Gasteiger partial charge in [-0.25, -0.2) is 0 Å². The molecule has 1 unspecified atom stereocenters. The molecule has 0 aromatic carbocycles. The van der Waals surface area contributed by atoms with Crippen LogP contribution >= 0.6 is 11.8 Å². The molecule has 18 heavy (non-hydrogen) atoms. The number of aryl methyl sites for hydroxylation is 1. The Balaban J connectivity index is 1.99. The van der Waals surface area contributed by atoms with Gasteiger partial charge in [0.1, 0.15) is 5.76 Å². The topological polar surface area (TPSA) is 25.2 Å². The first-order valence-corrected chi connectivity index (χ1v) is 8.32. The largest absolute Gasteiger partial charge is 0.469 e. The van der Waals surface area contributed by atoms with E-state index in [1.807, 2.05) is 18.0 Å². The summed E-state index contributed by atoms with van der Waals surface area (Å²) in [6.45, 7) is 5.69. The lowest BCUT2D eigenvalue weighted by molar-refractivity contribution is 0.386. The number of hydrogen-bond donors (Lipinski definition) is 1. The Morgan fingerprint density at radius 2 is 2.22 bits per heavy atom. The summed E-state index contributed by atoms with van der Waals surface area (Å²) in [5, 5.41) is 3.78. The number of furan rings is 1. The lowest BCUT2D eigenvalue weighted by Crippen LogP contribution is -2.39. The summed E-state index contributed by atoms with van der Waals surface area (Å²) in [6.07, 6.45) is 10.1. The third-order valence-corrected chi connectivity index (χ3v) is 6.03. The van der Waals surface area contributed by atoms with Gasteiger partial charge in [-0.1, -0.05) is 13.8 Å². The van der Waals surface area contributed by atoms with E-state index in [1.54, 1.807) is 0 Å². The predicted molar refractivity (Wildman–Crippen MR) is 79.2 cm³/mol. The van der Waals surface area contributed by atoms with E-state index < -0.39 is 0 Å². The van der Waals surface area contributed by atoms with Gasteiger partial charge in [-0.3, -0.25) is 0 Å². The number of fused-ring (bicyclic) bond motifs is 1. The summed E-state index contributed by atoms with van der Waals surface area (Å²) in [5.74, 6) is 1.20. The number of nitrogens with one attached hydrogen (secondary N) is 1. The molecule has 0 spiro atoms. The van der Waals surface area contributed by atoms with Crippen LogP contribution < -0.4 is 5.32 Å². The molecule has 1 aliphatic rings. The van der Waals surface area contributed by atoms with Gasteiger partial charge >= 0.3 is 0 Å². The monoisotopic (exact) mass is 267 g/mol. The van der Waals surface area contributed by atoms with Gasteiger partial charge in [-0.15, -0.1) is 0 Å². The number of rotatable bonds is 6. The molecule has 1 aromatic heterocycles. The lowest BCUT2D eigenvalue weighted by atomic mass is 9.92. The minimum atomic E-state index is 0.390. The Hall–Kier alpha value is -0.410. The van der Waals surface area contributed by atoms with Crippen molar-refractivity contribution in [2.24, 2.45) is 0 Å². The van der Waals surface area contributed by atoms with Crippen LogP contribution in [0.5, 0.6) is 0 Å². The van der Waals surface area contributed by atoms with E-state index >= 15 is 0 Å². The molecule has 1 N–H and O–H groups in total. The lowest BCUT2D eigenvalue weighted by Gasteiger charge is -2.33. The zero-order valence-corrected chi connectivity index (χ0v) is 12.6. The van der Waals surface area contributed by atoms with Crippen molar-refractivity contribution < 1.29 is 4.42 Å². The van der Waals surface area contributed by atoms with Gasteiger partial charge in [0.15, 0.2) is 0 Å². The van der Waals surface area contributed by atoms with E-state index in [-0.39, 0.29) is 0 Å². The van der Waals surface area contributed by atoms with E-state index in [2.05, 4.69) is 31.5 Å². The van der Waals surface area contributed by atoms with Crippen molar-refractivity contribution in [1.29, 1.82) is 0 Å². The molecule has 0 saturated carbocycles. The smallest absolute Gasteiger partial charge is 0.108 e. The van der Waals surface area contributed by atoms with Crippen LogP contribution in [0.25, 0.3) is 0 Å². The number of hydrogen-bond acceptors (Lipinski definition) is 3. The summed E-state index contributed by atoms with van der Waals surface area (Å²) in [6, 6.07) is 2.64. The van der Waals surface area contributed by atoms with Crippen LogP contribution in [0.1, 0.15) is 56.9 Å². The average Bonchev–Trinajstić information content (AvgIpc) is 2.90. The molecule has 1 aliphatic carbocycles. The maximum absolute atomic E-state index is 5.55. The molecule has 2 rings (SSSR count). The van der Waals surface area contributed by atoms with Crippen molar-refractivity contribution in [2.45, 2.75) is 56.7 Å². The summed E-state index contributed by atoms with van der Waals surface area (Å²) in [7, 11) is 0. The maximum Gasteiger partial charge on any atom is 0.108 e. The van der Waals surface area contributed by atoms with Crippen LogP contribution in [0.15, 0.2) is 16.7 Å². The first kappa shape index (κ1) is 14.0. The minimum Gasteiger partial charge on any atom is -0.469 e. The van der Waals surface area contributed by atoms with Crippen molar-refractivity contribution in [2.75, 3.05) is 12.8 Å². The Morgan fingerprint density at radius 3 is 2.89 bits per heavy atom. The van der Waals surface area contributed by atoms with Crippen LogP contribution in [0.2, 0.25) is 0 Å². The van der Waals surface area contributed by atoms with Crippen molar-refractivity contribution >= 4 is 11.8 Å². The van der Waals surface area contributed by atoms with Gasteiger partial charge in [0.05, 0.1) is 6.26 Å². The van der Waals surface area contributed by atoms with E-state index in [1.165, 1.54) is 37.0 Å². The minimum absolute atomic E-state index is 0.390. The van der Waals surface area contributed by atoms with Gasteiger partial charge < -0.3 is 9.73 Å². The number of thioether (sulfide) groups is 1. The zero-order valence-electron chi connectivity index (χ0n) is 11.8. The van der Waals surface area contributed by atoms with Crippen LogP contribution in [-0.4, -0.2) is 17.5 Å². The van der Waals surface area contributed by atoms with Crippen LogP contribution in [0.4, 0.5) is 0 Å². The highest BCUT2D eigenvalue weighted by atomic mass is 32.2. The fourth-order valence-electron chi connectivity index (χ4n) is 2.87. The molecule has 0 radical (unpaired) electrons. The van der Waals surface area contributed by atoms with Crippen LogP contribution in [0.3, 0.4) is 0 Å². The normalized spacial score (nSPS) is 19.8. The van der Waals surface area contributed by atoms with E-state index in [0.29, 0.717) is 10.8 Å². The Labute approximate surface area is 115 Å². The van der Waals surface area contributed by atoms with Gasteiger partial charge in [0.2, 0.25) is 0 Å². The molecule has 0 saturated heterocycles. The fourth-order valence-corrected chi connectivity index (χ4v) is 3.67.